The van der Waals surface area contributed by atoms with E-state index in [2.05, 4.69) is 21.2 Å². The second-order valence-electron chi connectivity index (χ2n) is 7.78. The molecule has 0 spiro atoms. The predicted molar refractivity (Wildman–Crippen MR) is 107 cm³/mol. The smallest absolute Gasteiger partial charge is 0.411 e. The lowest BCUT2D eigenvalue weighted by Crippen LogP contribution is -2.45. The van der Waals surface area contributed by atoms with E-state index in [1.165, 1.54) is 0 Å². The highest BCUT2D eigenvalue weighted by Gasteiger charge is 2.42. The molecule has 0 saturated carbocycles. The van der Waals surface area contributed by atoms with Crippen molar-refractivity contribution >= 4 is 50.5 Å². The van der Waals surface area contributed by atoms with Gasteiger partial charge in [-0.05, 0) is 39.0 Å². The quantitative estimate of drug-likeness (QED) is 0.712. The zero-order chi connectivity index (χ0) is 21.5. The molecule has 156 valence electrons. The summed E-state index contributed by atoms with van der Waals surface area (Å²) in [7, 11) is 0. The molecule has 2 atom stereocenters. The molecule has 8 nitrogen and oxygen atoms in total. The first-order chi connectivity index (χ1) is 13.5. The fourth-order valence-electron chi connectivity index (χ4n) is 3.13. The van der Waals surface area contributed by atoms with Crippen LogP contribution in [0.25, 0.3) is 11.0 Å². The summed E-state index contributed by atoms with van der Waals surface area (Å²) in [6.45, 7) is 4.78. The number of fused-ring (bicyclic) bond motifs is 1. The number of nitrogens with one attached hydrogen (secondary N) is 1. The third kappa shape index (κ3) is 4.52. The number of carbonyl (C=O) groups is 3. The number of carbonyl (C=O) groups excluding carboxylic acids is 3. The zero-order valence-electron chi connectivity index (χ0n) is 16.1. The van der Waals surface area contributed by atoms with Crippen LogP contribution in [-0.2, 0) is 9.53 Å². The number of rotatable bonds is 3. The molecule has 1 aromatic carbocycles. The van der Waals surface area contributed by atoms with E-state index < -0.39 is 35.7 Å². The number of likely N-dealkylation sites (tertiary alicyclic amines) is 1. The van der Waals surface area contributed by atoms with Gasteiger partial charge in [-0.3, -0.25) is 14.5 Å². The van der Waals surface area contributed by atoms with Gasteiger partial charge in [0.1, 0.15) is 29.1 Å². The van der Waals surface area contributed by atoms with Crippen molar-refractivity contribution in [3.8, 4) is 0 Å². The number of nitrogens with two attached hydrogens (primary N) is 1. The van der Waals surface area contributed by atoms with Crippen LogP contribution in [0.15, 0.2) is 27.1 Å². The number of ether oxygens (including phenoxy) is 1. The highest BCUT2D eigenvalue weighted by atomic mass is 79.9. The molecule has 3 rings (SSSR count). The van der Waals surface area contributed by atoms with Crippen molar-refractivity contribution in [3.05, 3.63) is 28.4 Å². The molecule has 0 unspecified atom stereocenters. The maximum atomic E-state index is 14.0. The zero-order valence-corrected chi connectivity index (χ0v) is 17.7. The van der Waals surface area contributed by atoms with Gasteiger partial charge in [0.25, 0.3) is 5.91 Å². The van der Waals surface area contributed by atoms with Gasteiger partial charge < -0.3 is 20.2 Å². The number of alkyl halides is 1. The topological polar surface area (TPSA) is 115 Å². The number of nitrogens with zero attached hydrogens (tertiary/aromatic N) is 1. The number of halogens is 2. The SMILES string of the molecule is CC(C)(C)OC(=O)N1C[C@@H](F)C[C@@H]1C(=O)Nc1c(C(N)=O)oc2ccc(Br)cc12. The monoisotopic (exact) mass is 469 g/mol. The minimum absolute atomic E-state index is 0.0743. The number of benzene rings is 1. The van der Waals surface area contributed by atoms with E-state index in [0.29, 0.717) is 15.4 Å². The molecule has 3 N–H and O–H groups in total. The molecule has 0 aliphatic carbocycles. The molecule has 1 fully saturated rings. The first-order valence-corrected chi connectivity index (χ1v) is 9.72. The number of hydrogen-bond acceptors (Lipinski definition) is 5. The Hall–Kier alpha value is -2.62. The summed E-state index contributed by atoms with van der Waals surface area (Å²) in [5.74, 6) is -1.77. The minimum atomic E-state index is -1.37. The van der Waals surface area contributed by atoms with E-state index in [1.54, 1.807) is 39.0 Å². The first-order valence-electron chi connectivity index (χ1n) is 8.92. The molecule has 1 aliphatic heterocycles. The summed E-state index contributed by atoms with van der Waals surface area (Å²) in [6.07, 6.45) is -2.34. The second-order valence-corrected chi connectivity index (χ2v) is 8.70. The Morgan fingerprint density at radius 1 is 1.34 bits per heavy atom. The van der Waals surface area contributed by atoms with Crippen LogP contribution in [0.3, 0.4) is 0 Å². The normalized spacial score (nSPS) is 19.4. The Morgan fingerprint density at radius 2 is 2.03 bits per heavy atom. The van der Waals surface area contributed by atoms with Crippen LogP contribution in [0, 0.1) is 0 Å². The van der Waals surface area contributed by atoms with Crippen LogP contribution >= 0.6 is 15.9 Å². The van der Waals surface area contributed by atoms with Crippen molar-refractivity contribution in [2.24, 2.45) is 5.73 Å². The van der Waals surface area contributed by atoms with E-state index in [1.807, 2.05) is 0 Å². The van der Waals surface area contributed by atoms with E-state index in [4.69, 9.17) is 14.9 Å². The predicted octanol–water partition coefficient (Wildman–Crippen LogP) is 3.58. The average Bonchev–Trinajstić information content (AvgIpc) is 3.14. The van der Waals surface area contributed by atoms with Crippen LogP contribution in [0.4, 0.5) is 14.9 Å². The molecule has 0 bridgehead atoms. The van der Waals surface area contributed by atoms with Crippen molar-refractivity contribution in [2.45, 2.75) is 45.0 Å². The van der Waals surface area contributed by atoms with Crippen LogP contribution in [0.1, 0.15) is 37.7 Å². The molecule has 1 aromatic heterocycles. The molecule has 1 aliphatic rings. The molecule has 3 amide bonds. The Kier molecular flexibility index (Phi) is 5.57. The van der Waals surface area contributed by atoms with Gasteiger partial charge in [-0.1, -0.05) is 15.9 Å². The van der Waals surface area contributed by atoms with Crippen LogP contribution in [-0.4, -0.2) is 47.2 Å². The van der Waals surface area contributed by atoms with Gasteiger partial charge in [0.2, 0.25) is 11.7 Å². The van der Waals surface area contributed by atoms with Crippen molar-refractivity contribution in [3.63, 3.8) is 0 Å². The number of hydrogen-bond donors (Lipinski definition) is 2. The standard InChI is InChI=1S/C19H21BrFN3O5/c1-19(2,3)29-18(27)24-8-10(21)7-12(24)17(26)23-14-11-6-9(20)4-5-13(11)28-15(14)16(22)25/h4-6,10,12H,7-8H2,1-3H3,(H2,22,25)(H,23,26)/t10-,12+/m0/s1. The van der Waals surface area contributed by atoms with Crippen molar-refractivity contribution in [1.29, 1.82) is 0 Å². The molecule has 2 aromatic rings. The van der Waals surface area contributed by atoms with Crippen molar-refractivity contribution < 1.29 is 27.9 Å². The third-order valence-corrected chi connectivity index (χ3v) is 4.80. The van der Waals surface area contributed by atoms with Gasteiger partial charge in [0.05, 0.1) is 6.54 Å². The number of primary amides is 1. The molecular weight excluding hydrogens is 449 g/mol. The van der Waals surface area contributed by atoms with Gasteiger partial charge in [-0.2, -0.15) is 0 Å². The Bertz CT molecular complexity index is 984. The lowest BCUT2D eigenvalue weighted by Gasteiger charge is -2.27. The summed E-state index contributed by atoms with van der Waals surface area (Å²) in [4.78, 5) is 38.2. The van der Waals surface area contributed by atoms with Gasteiger partial charge in [-0.15, -0.1) is 0 Å². The summed E-state index contributed by atoms with van der Waals surface area (Å²) in [5.41, 5.74) is 5.00. The summed E-state index contributed by atoms with van der Waals surface area (Å²) in [6, 6.07) is 3.87. The van der Waals surface area contributed by atoms with Crippen LogP contribution in [0.2, 0.25) is 0 Å². The lowest BCUT2D eigenvalue weighted by molar-refractivity contribution is -0.120. The Balaban J connectivity index is 1.91. The van der Waals surface area contributed by atoms with E-state index in [-0.39, 0.29) is 24.4 Å². The largest absolute Gasteiger partial charge is 0.449 e. The molecule has 1 saturated heterocycles. The maximum absolute atomic E-state index is 14.0. The van der Waals surface area contributed by atoms with Crippen molar-refractivity contribution in [1.82, 2.24) is 4.90 Å². The second kappa shape index (κ2) is 7.66. The maximum Gasteiger partial charge on any atom is 0.411 e. The molecule has 0 radical (unpaired) electrons. The summed E-state index contributed by atoms with van der Waals surface area (Å²) in [5, 5.41) is 3.03. The fraction of sp³-hybridized carbons (Fsp3) is 0.421. The number of anilines is 1. The van der Waals surface area contributed by atoms with E-state index in [0.717, 1.165) is 4.90 Å². The van der Waals surface area contributed by atoms with Crippen LogP contribution in [0.5, 0.6) is 0 Å². The first kappa shape index (κ1) is 21.1. The molecule has 2 heterocycles. The summed E-state index contributed by atoms with van der Waals surface area (Å²) >= 11 is 3.32. The summed E-state index contributed by atoms with van der Waals surface area (Å²) < 4.78 is 25.5. The number of amides is 3. The number of furan rings is 1. The highest BCUT2D eigenvalue weighted by Crippen LogP contribution is 2.34. The van der Waals surface area contributed by atoms with Crippen LogP contribution < -0.4 is 11.1 Å². The Labute approximate surface area is 174 Å². The van der Waals surface area contributed by atoms with E-state index in [9.17, 15) is 18.8 Å². The highest BCUT2D eigenvalue weighted by molar-refractivity contribution is 9.10. The molecule has 10 heteroatoms. The molecular formula is C19H21BrFN3O5. The fourth-order valence-corrected chi connectivity index (χ4v) is 3.49. The van der Waals surface area contributed by atoms with Gasteiger partial charge in [0, 0.05) is 16.3 Å². The van der Waals surface area contributed by atoms with Gasteiger partial charge >= 0.3 is 6.09 Å². The van der Waals surface area contributed by atoms with Gasteiger partial charge in [-0.25, -0.2) is 9.18 Å². The lowest BCUT2D eigenvalue weighted by atomic mass is 10.1. The minimum Gasteiger partial charge on any atom is -0.449 e. The average molecular weight is 470 g/mol. The van der Waals surface area contributed by atoms with Crippen molar-refractivity contribution in [2.75, 3.05) is 11.9 Å². The molecule has 29 heavy (non-hydrogen) atoms. The Morgan fingerprint density at radius 3 is 2.66 bits per heavy atom. The third-order valence-electron chi connectivity index (χ3n) is 4.30. The van der Waals surface area contributed by atoms with E-state index >= 15 is 0 Å². The van der Waals surface area contributed by atoms with Gasteiger partial charge in [0.15, 0.2) is 0 Å².